The van der Waals surface area contributed by atoms with Crippen LogP contribution in [0.4, 0.5) is 11.4 Å². The average Bonchev–Trinajstić information content (AvgIpc) is 3.01. The second-order valence-corrected chi connectivity index (χ2v) is 9.95. The molecule has 1 aliphatic heterocycles. The van der Waals surface area contributed by atoms with Crippen LogP contribution in [0.3, 0.4) is 0 Å². The first-order chi connectivity index (χ1) is 16.3. The third-order valence-electron chi connectivity index (χ3n) is 5.69. The van der Waals surface area contributed by atoms with Gasteiger partial charge < -0.3 is 5.32 Å². The van der Waals surface area contributed by atoms with Crippen molar-refractivity contribution in [2.45, 2.75) is 37.5 Å². The first kappa shape index (κ1) is 23.5. The maximum atomic E-state index is 13.1. The van der Waals surface area contributed by atoms with Gasteiger partial charge in [0, 0.05) is 30.9 Å². The molecule has 4 rings (SSSR count). The van der Waals surface area contributed by atoms with E-state index in [1.165, 1.54) is 39.3 Å². The number of nitrogens with one attached hydrogen (secondary N) is 1. The van der Waals surface area contributed by atoms with E-state index in [0.717, 1.165) is 25.7 Å². The van der Waals surface area contributed by atoms with Crippen LogP contribution in [0, 0.1) is 17.0 Å². The molecule has 2 heterocycles. The molecular formula is C22H24N6O5S. The summed E-state index contributed by atoms with van der Waals surface area (Å²) in [5.74, 6) is -0.571. The second kappa shape index (κ2) is 9.69. The third-order valence-corrected chi connectivity index (χ3v) is 7.58. The molecule has 0 atom stereocenters. The summed E-state index contributed by atoms with van der Waals surface area (Å²) in [4.78, 5) is 23.5. The first-order valence-electron chi connectivity index (χ1n) is 10.9. The van der Waals surface area contributed by atoms with Gasteiger partial charge in [-0.05, 0) is 44.0 Å². The van der Waals surface area contributed by atoms with Gasteiger partial charge in [0.15, 0.2) is 5.69 Å². The number of carbonyl (C=O) groups excluding carboxylic acids is 1. The lowest BCUT2D eigenvalue weighted by Crippen LogP contribution is -2.32. The van der Waals surface area contributed by atoms with Crippen LogP contribution < -0.4 is 5.32 Å². The lowest BCUT2D eigenvalue weighted by atomic mass is 10.2. The summed E-state index contributed by atoms with van der Waals surface area (Å²) in [6, 6.07) is 11.9. The summed E-state index contributed by atoms with van der Waals surface area (Å²) in [7, 11) is -3.66. The number of hydrogen-bond acceptors (Lipinski definition) is 7. The normalized spacial score (nSPS) is 15.0. The van der Waals surface area contributed by atoms with Crippen LogP contribution in [0.15, 0.2) is 53.4 Å². The number of nitrogens with zero attached hydrogens (tertiary/aromatic N) is 5. The zero-order chi connectivity index (χ0) is 24.3. The maximum absolute atomic E-state index is 13.1. The van der Waals surface area contributed by atoms with Crippen molar-refractivity contribution < 1.29 is 18.1 Å². The molecule has 0 saturated carbocycles. The number of amides is 1. The summed E-state index contributed by atoms with van der Waals surface area (Å²) in [6.07, 6.45) is 3.68. The molecular weight excluding hydrogens is 460 g/mol. The van der Waals surface area contributed by atoms with Crippen molar-refractivity contribution in [3.05, 3.63) is 70.0 Å². The molecule has 3 aromatic rings. The molecule has 1 aromatic heterocycles. The van der Waals surface area contributed by atoms with E-state index in [2.05, 4.69) is 15.6 Å². The number of sulfonamides is 1. The molecule has 2 aromatic carbocycles. The van der Waals surface area contributed by atoms with Crippen molar-refractivity contribution in [1.29, 1.82) is 0 Å². The third kappa shape index (κ3) is 4.82. The molecule has 178 valence electrons. The van der Waals surface area contributed by atoms with Crippen molar-refractivity contribution in [1.82, 2.24) is 19.3 Å². The van der Waals surface area contributed by atoms with Gasteiger partial charge in [0.1, 0.15) is 0 Å². The van der Waals surface area contributed by atoms with Crippen LogP contribution in [-0.4, -0.2) is 51.6 Å². The van der Waals surface area contributed by atoms with E-state index in [4.69, 9.17) is 0 Å². The summed E-state index contributed by atoms with van der Waals surface area (Å²) in [6.45, 7) is 2.59. The van der Waals surface area contributed by atoms with Crippen LogP contribution in [0.1, 0.15) is 41.9 Å². The standard InChI is InChI=1S/C22H24N6O5S/c1-16-21(24-25-27(16)18-9-7-10-19(15-18)28(30)31)22(29)23-17-8-6-11-20(14-17)34(32,33)26-12-4-2-3-5-13-26/h6-11,14-15H,2-5,12-13H2,1H3,(H,23,29). The number of hydrogen-bond donors (Lipinski definition) is 1. The first-order valence-corrected chi connectivity index (χ1v) is 12.3. The highest BCUT2D eigenvalue weighted by Gasteiger charge is 2.26. The monoisotopic (exact) mass is 484 g/mol. The van der Waals surface area contributed by atoms with Crippen LogP contribution >= 0.6 is 0 Å². The van der Waals surface area contributed by atoms with E-state index >= 15 is 0 Å². The van der Waals surface area contributed by atoms with Crippen molar-refractivity contribution >= 4 is 27.3 Å². The topological polar surface area (TPSA) is 140 Å². The van der Waals surface area contributed by atoms with E-state index in [9.17, 15) is 23.3 Å². The van der Waals surface area contributed by atoms with Gasteiger partial charge in [-0.25, -0.2) is 13.1 Å². The Bertz CT molecular complexity index is 1330. The molecule has 1 saturated heterocycles. The summed E-state index contributed by atoms with van der Waals surface area (Å²) >= 11 is 0. The maximum Gasteiger partial charge on any atom is 0.278 e. The number of nitro groups is 1. The lowest BCUT2D eigenvalue weighted by Gasteiger charge is -2.20. The predicted octanol–water partition coefficient (Wildman–Crippen LogP) is 3.30. The zero-order valence-corrected chi connectivity index (χ0v) is 19.4. The van der Waals surface area contributed by atoms with Gasteiger partial charge >= 0.3 is 0 Å². The summed E-state index contributed by atoms with van der Waals surface area (Å²) in [5, 5.41) is 21.6. The lowest BCUT2D eigenvalue weighted by molar-refractivity contribution is -0.384. The Kier molecular flexibility index (Phi) is 6.70. The Balaban J connectivity index is 1.55. The Morgan fingerprint density at radius 2 is 1.76 bits per heavy atom. The molecule has 0 bridgehead atoms. The predicted molar refractivity (Wildman–Crippen MR) is 124 cm³/mol. The molecule has 1 fully saturated rings. The number of anilines is 1. The van der Waals surface area contributed by atoms with E-state index in [1.54, 1.807) is 25.1 Å². The van der Waals surface area contributed by atoms with Crippen molar-refractivity contribution in [3.63, 3.8) is 0 Å². The minimum Gasteiger partial charge on any atom is -0.320 e. The van der Waals surface area contributed by atoms with E-state index in [0.29, 0.717) is 30.2 Å². The highest BCUT2D eigenvalue weighted by Crippen LogP contribution is 2.24. The fraction of sp³-hybridized carbons (Fsp3) is 0.318. The zero-order valence-electron chi connectivity index (χ0n) is 18.5. The molecule has 0 spiro atoms. The quantitative estimate of drug-likeness (QED) is 0.418. The fourth-order valence-corrected chi connectivity index (χ4v) is 5.44. The van der Waals surface area contributed by atoms with Gasteiger partial charge in [0.2, 0.25) is 10.0 Å². The van der Waals surface area contributed by atoms with Gasteiger partial charge in [-0.3, -0.25) is 14.9 Å². The molecule has 12 heteroatoms. The SMILES string of the molecule is Cc1c(C(=O)Nc2cccc(S(=O)(=O)N3CCCCCC3)c2)nnn1-c1cccc([N+](=O)[O-])c1. The number of aromatic nitrogens is 3. The largest absolute Gasteiger partial charge is 0.320 e. The molecule has 1 aliphatic rings. The van der Waals surface area contributed by atoms with E-state index in [1.807, 2.05) is 0 Å². The van der Waals surface area contributed by atoms with Crippen molar-refractivity contribution in [2.24, 2.45) is 0 Å². The molecule has 1 amide bonds. The van der Waals surface area contributed by atoms with Crippen molar-refractivity contribution in [3.8, 4) is 5.69 Å². The highest BCUT2D eigenvalue weighted by atomic mass is 32.2. The Hall–Kier alpha value is -3.64. The summed E-state index contributed by atoms with van der Waals surface area (Å²) in [5.41, 5.74) is 0.994. The number of nitro benzene ring substituents is 1. The minimum atomic E-state index is -3.66. The van der Waals surface area contributed by atoms with Crippen LogP contribution in [0.5, 0.6) is 0 Å². The van der Waals surface area contributed by atoms with Gasteiger partial charge in [-0.15, -0.1) is 5.10 Å². The molecule has 11 nitrogen and oxygen atoms in total. The number of carbonyl (C=O) groups is 1. The molecule has 1 N–H and O–H groups in total. The average molecular weight is 485 g/mol. The second-order valence-electron chi connectivity index (χ2n) is 8.01. The minimum absolute atomic E-state index is 0.0206. The van der Waals surface area contributed by atoms with Crippen LogP contribution in [0.25, 0.3) is 5.69 Å². The van der Waals surface area contributed by atoms with Crippen LogP contribution in [-0.2, 0) is 10.0 Å². The molecule has 0 radical (unpaired) electrons. The number of non-ortho nitro benzene ring substituents is 1. The highest BCUT2D eigenvalue weighted by molar-refractivity contribution is 7.89. The number of benzene rings is 2. The van der Waals surface area contributed by atoms with Crippen LogP contribution in [0.2, 0.25) is 0 Å². The van der Waals surface area contributed by atoms with E-state index in [-0.39, 0.29) is 16.3 Å². The summed E-state index contributed by atoms with van der Waals surface area (Å²) < 4.78 is 29.0. The number of rotatable bonds is 6. The fourth-order valence-electron chi connectivity index (χ4n) is 3.88. The Morgan fingerprint density at radius 1 is 1.06 bits per heavy atom. The van der Waals surface area contributed by atoms with Gasteiger partial charge in [0.05, 0.1) is 21.2 Å². The molecule has 34 heavy (non-hydrogen) atoms. The molecule has 0 aliphatic carbocycles. The Morgan fingerprint density at radius 3 is 2.47 bits per heavy atom. The van der Waals surface area contributed by atoms with Gasteiger partial charge in [-0.1, -0.05) is 30.2 Å². The molecule has 0 unspecified atom stereocenters. The van der Waals surface area contributed by atoms with Gasteiger partial charge in [-0.2, -0.15) is 4.31 Å². The Labute approximate surface area is 196 Å². The van der Waals surface area contributed by atoms with Gasteiger partial charge in [0.25, 0.3) is 11.6 Å². The van der Waals surface area contributed by atoms with Crippen molar-refractivity contribution in [2.75, 3.05) is 18.4 Å². The van der Waals surface area contributed by atoms with E-state index < -0.39 is 20.9 Å². The smallest absolute Gasteiger partial charge is 0.278 e.